The van der Waals surface area contributed by atoms with Crippen molar-refractivity contribution in [2.75, 3.05) is 18.6 Å². The van der Waals surface area contributed by atoms with E-state index in [2.05, 4.69) is 43.3 Å². The molecule has 1 heterocycles. The highest BCUT2D eigenvalue weighted by molar-refractivity contribution is 8.07. The first-order valence-corrected chi connectivity index (χ1v) is 10.7. The molecule has 1 aliphatic rings. The Kier molecular flexibility index (Phi) is 6.68. The van der Waals surface area contributed by atoms with Gasteiger partial charge in [0, 0.05) is 34.8 Å². The molecule has 5 nitrogen and oxygen atoms in total. The number of hydrogen-bond acceptors (Lipinski definition) is 5. The minimum absolute atomic E-state index is 0.0276. The van der Waals surface area contributed by atoms with Gasteiger partial charge in [-0.25, -0.2) is 0 Å². The van der Waals surface area contributed by atoms with Crippen molar-refractivity contribution in [2.45, 2.75) is 20.8 Å². The number of nitrogens with one attached hydrogen (secondary N) is 1. The second-order valence-electron chi connectivity index (χ2n) is 7.70. The Labute approximate surface area is 186 Å². The van der Waals surface area contributed by atoms with Crippen LogP contribution >= 0.6 is 23.4 Å². The van der Waals surface area contributed by atoms with Crippen LogP contribution in [0.25, 0.3) is 0 Å². The van der Waals surface area contributed by atoms with Gasteiger partial charge in [-0.3, -0.25) is 4.79 Å². The number of amides is 1. The summed E-state index contributed by atoms with van der Waals surface area (Å²) in [4.78, 5) is 15.7. The third-order valence-corrected chi connectivity index (χ3v) is 5.86. The minimum Gasteiger partial charge on any atom is -0.507 e. The summed E-state index contributed by atoms with van der Waals surface area (Å²) in [7, 11) is 1.60. The number of anilines is 1. The Hall–Kier alpha value is -2.57. The Morgan fingerprint density at radius 2 is 2.03 bits per heavy atom. The second kappa shape index (κ2) is 9.06. The van der Waals surface area contributed by atoms with E-state index in [1.54, 1.807) is 37.1 Å². The lowest BCUT2D eigenvalue weighted by Crippen LogP contribution is -2.33. The zero-order valence-electron chi connectivity index (χ0n) is 17.4. The van der Waals surface area contributed by atoms with E-state index in [9.17, 15) is 9.90 Å². The lowest BCUT2D eigenvalue weighted by molar-refractivity contribution is 0.0940. The number of halogens is 1. The topological polar surface area (TPSA) is 61.8 Å². The minimum atomic E-state index is -0.324. The quantitative estimate of drug-likeness (QED) is 0.592. The molecule has 0 spiro atoms. The molecule has 0 aliphatic carbocycles. The van der Waals surface area contributed by atoms with Crippen LogP contribution in [-0.2, 0) is 0 Å². The molecule has 30 heavy (non-hydrogen) atoms. The Bertz CT molecular complexity index is 1020. The second-order valence-corrected chi connectivity index (χ2v) is 9.38. The Balaban J connectivity index is 1.78. The molecule has 0 saturated carbocycles. The van der Waals surface area contributed by atoms with E-state index >= 15 is 0 Å². The monoisotopic (exact) mass is 444 g/mol. The number of thioether (sulfide) groups is 1. The third-order valence-electron chi connectivity index (χ3n) is 4.59. The number of benzene rings is 2. The third kappa shape index (κ3) is 5.12. The molecule has 0 bridgehead atoms. The first-order chi connectivity index (χ1) is 14.2. The smallest absolute Gasteiger partial charge is 0.255 e. The van der Waals surface area contributed by atoms with Crippen LogP contribution in [0.3, 0.4) is 0 Å². The van der Waals surface area contributed by atoms with Crippen LogP contribution in [0.15, 0.2) is 64.7 Å². The SMILES string of the molecule is COc1cc(N2C=C(C)SC2=CC(C)(C)CNC(=O)c2ccccc2O)ccc1Cl. The van der Waals surface area contributed by atoms with Crippen molar-refractivity contribution < 1.29 is 14.6 Å². The number of ether oxygens (including phenoxy) is 1. The van der Waals surface area contributed by atoms with Gasteiger partial charge < -0.3 is 20.1 Å². The number of carbonyl (C=O) groups excluding carboxylic acids is 1. The average Bonchev–Trinajstić information content (AvgIpc) is 3.06. The molecular formula is C23H25ClN2O3S. The fraction of sp³-hybridized carbons (Fsp3) is 0.261. The predicted molar refractivity (Wildman–Crippen MR) is 124 cm³/mol. The van der Waals surface area contributed by atoms with E-state index in [1.807, 2.05) is 18.2 Å². The maximum atomic E-state index is 12.4. The number of aromatic hydroxyl groups is 1. The van der Waals surface area contributed by atoms with Crippen LogP contribution in [0.1, 0.15) is 31.1 Å². The summed E-state index contributed by atoms with van der Waals surface area (Å²) in [5, 5.41) is 14.4. The largest absolute Gasteiger partial charge is 0.507 e. The van der Waals surface area contributed by atoms with Crippen molar-refractivity contribution >= 4 is 35.0 Å². The van der Waals surface area contributed by atoms with Crippen molar-refractivity contribution in [3.05, 3.63) is 75.3 Å². The number of nitrogens with zero attached hydrogens (tertiary/aromatic N) is 1. The first kappa shape index (κ1) is 22.1. The highest BCUT2D eigenvalue weighted by Gasteiger charge is 2.25. The maximum Gasteiger partial charge on any atom is 0.255 e. The normalized spacial score (nSPS) is 15.3. The standard InChI is InChI=1S/C23H25ClN2O3S/c1-15-13-26(16-9-10-18(24)20(11-16)29-4)21(30-15)12-23(2,3)14-25-22(28)17-7-5-6-8-19(17)27/h5-13,27H,14H2,1-4H3,(H,25,28). The van der Waals surface area contributed by atoms with Crippen LogP contribution in [-0.4, -0.2) is 24.7 Å². The molecule has 3 rings (SSSR count). The van der Waals surface area contributed by atoms with E-state index < -0.39 is 0 Å². The van der Waals surface area contributed by atoms with Gasteiger partial charge in [0.15, 0.2) is 0 Å². The summed E-state index contributed by atoms with van der Waals surface area (Å²) < 4.78 is 5.35. The predicted octanol–water partition coefficient (Wildman–Crippen LogP) is 5.77. The molecule has 158 valence electrons. The molecule has 2 N–H and O–H groups in total. The summed E-state index contributed by atoms with van der Waals surface area (Å²) in [6.07, 6.45) is 4.20. The molecule has 0 fully saturated rings. The van der Waals surface area contributed by atoms with Crippen molar-refractivity contribution in [3.8, 4) is 11.5 Å². The number of phenolic OH excluding ortho intramolecular Hbond substituents is 1. The zero-order chi connectivity index (χ0) is 21.9. The molecule has 1 aliphatic heterocycles. The van der Waals surface area contributed by atoms with Gasteiger partial charge in [0.2, 0.25) is 0 Å². The zero-order valence-corrected chi connectivity index (χ0v) is 19.0. The maximum absolute atomic E-state index is 12.4. The summed E-state index contributed by atoms with van der Waals surface area (Å²) >= 11 is 7.84. The lowest BCUT2D eigenvalue weighted by Gasteiger charge is -2.25. The number of allylic oxidation sites excluding steroid dienone is 1. The van der Waals surface area contributed by atoms with E-state index in [0.717, 1.165) is 15.6 Å². The van der Waals surface area contributed by atoms with Gasteiger partial charge >= 0.3 is 0 Å². The fourth-order valence-electron chi connectivity index (χ4n) is 3.04. The number of para-hydroxylation sites is 1. The molecule has 0 aromatic heterocycles. The van der Waals surface area contributed by atoms with Gasteiger partial charge in [0.25, 0.3) is 5.91 Å². The number of methoxy groups -OCH3 is 1. The van der Waals surface area contributed by atoms with Gasteiger partial charge in [-0.2, -0.15) is 0 Å². The summed E-state index contributed by atoms with van der Waals surface area (Å²) in [5.41, 5.74) is 0.889. The molecule has 0 unspecified atom stereocenters. The number of phenols is 1. The van der Waals surface area contributed by atoms with Crippen LogP contribution < -0.4 is 15.0 Å². The van der Waals surface area contributed by atoms with E-state index in [4.69, 9.17) is 16.3 Å². The van der Waals surface area contributed by atoms with Gasteiger partial charge in [0.05, 0.1) is 22.7 Å². The van der Waals surface area contributed by atoms with Gasteiger partial charge in [-0.1, -0.05) is 49.3 Å². The molecule has 2 aromatic rings. The van der Waals surface area contributed by atoms with Crippen molar-refractivity contribution in [1.29, 1.82) is 0 Å². The molecule has 0 atom stereocenters. The molecule has 2 aromatic carbocycles. The molecule has 0 saturated heterocycles. The van der Waals surface area contributed by atoms with Gasteiger partial charge in [-0.05, 0) is 37.3 Å². The molecule has 7 heteroatoms. The van der Waals surface area contributed by atoms with E-state index in [1.165, 1.54) is 6.07 Å². The molecular weight excluding hydrogens is 420 g/mol. The summed E-state index contributed by atoms with van der Waals surface area (Å²) in [6.45, 7) is 6.58. The highest BCUT2D eigenvalue weighted by atomic mass is 35.5. The van der Waals surface area contributed by atoms with Crippen LogP contribution in [0.2, 0.25) is 5.02 Å². The first-order valence-electron chi connectivity index (χ1n) is 9.48. The van der Waals surface area contributed by atoms with Crippen LogP contribution in [0, 0.1) is 5.41 Å². The highest BCUT2D eigenvalue weighted by Crippen LogP contribution is 2.42. The van der Waals surface area contributed by atoms with E-state index in [0.29, 0.717) is 17.3 Å². The summed E-state index contributed by atoms with van der Waals surface area (Å²) in [6, 6.07) is 12.2. The number of hydrogen-bond donors (Lipinski definition) is 2. The Morgan fingerprint density at radius 3 is 2.73 bits per heavy atom. The van der Waals surface area contributed by atoms with Crippen LogP contribution in [0.4, 0.5) is 5.69 Å². The number of rotatable bonds is 6. The van der Waals surface area contributed by atoms with Crippen LogP contribution in [0.5, 0.6) is 11.5 Å². The van der Waals surface area contributed by atoms with Crippen molar-refractivity contribution in [1.82, 2.24) is 5.32 Å². The Morgan fingerprint density at radius 1 is 1.30 bits per heavy atom. The fourth-order valence-corrected chi connectivity index (χ4v) is 4.36. The van der Waals surface area contributed by atoms with Crippen molar-refractivity contribution in [3.63, 3.8) is 0 Å². The number of carbonyl (C=O) groups is 1. The van der Waals surface area contributed by atoms with Crippen molar-refractivity contribution in [2.24, 2.45) is 5.41 Å². The average molecular weight is 445 g/mol. The lowest BCUT2D eigenvalue weighted by atomic mass is 9.93. The van der Waals surface area contributed by atoms with Gasteiger partial charge in [0.1, 0.15) is 11.5 Å². The molecule has 1 amide bonds. The summed E-state index contributed by atoms with van der Waals surface area (Å²) in [5.74, 6) is 0.290. The molecule has 0 radical (unpaired) electrons. The van der Waals surface area contributed by atoms with E-state index in [-0.39, 0.29) is 22.6 Å². The van der Waals surface area contributed by atoms with Gasteiger partial charge in [-0.15, -0.1) is 0 Å².